The Hall–Kier alpha value is -3.33. The van der Waals surface area contributed by atoms with Gasteiger partial charge in [-0.1, -0.05) is 6.08 Å². The van der Waals surface area contributed by atoms with Crippen molar-refractivity contribution in [1.29, 1.82) is 0 Å². The van der Waals surface area contributed by atoms with Gasteiger partial charge in [0.1, 0.15) is 11.4 Å². The molecule has 9 heteroatoms. The fourth-order valence-corrected chi connectivity index (χ4v) is 4.41. The van der Waals surface area contributed by atoms with Crippen LogP contribution in [-0.4, -0.2) is 44.8 Å². The van der Waals surface area contributed by atoms with Crippen LogP contribution in [-0.2, 0) is 9.84 Å². The quantitative estimate of drug-likeness (QED) is 0.491. The number of benzene rings is 2. The fourth-order valence-electron chi connectivity index (χ4n) is 3.77. The third kappa shape index (κ3) is 3.63. The molecule has 2 heterocycles. The molecule has 0 radical (unpaired) electrons. The number of nitro groups is 1. The maximum absolute atomic E-state index is 11.8. The molecule has 4 rings (SSSR count). The number of ether oxygens (including phenoxy) is 1. The minimum Gasteiger partial charge on any atom is -0.497 e. The number of fused-ring (bicyclic) bond motifs is 1. The summed E-state index contributed by atoms with van der Waals surface area (Å²) in [5.41, 5.74) is 3.47. The van der Waals surface area contributed by atoms with E-state index in [1.807, 2.05) is 29.3 Å². The number of nitro benzene ring substituents is 1. The van der Waals surface area contributed by atoms with Crippen LogP contribution in [0.25, 0.3) is 16.5 Å². The Bertz CT molecular complexity index is 1280. The van der Waals surface area contributed by atoms with Crippen molar-refractivity contribution in [2.24, 2.45) is 0 Å². The van der Waals surface area contributed by atoms with E-state index in [0.29, 0.717) is 25.2 Å². The minimum atomic E-state index is -3.52. The summed E-state index contributed by atoms with van der Waals surface area (Å²) in [6, 6.07) is 9.94. The van der Waals surface area contributed by atoms with E-state index in [-0.39, 0.29) is 10.6 Å². The summed E-state index contributed by atoms with van der Waals surface area (Å²) in [6.45, 7) is 1.08. The van der Waals surface area contributed by atoms with Crippen LogP contribution in [0.3, 0.4) is 0 Å². The predicted octanol–water partition coefficient (Wildman–Crippen LogP) is 3.78. The molecular formula is C21H21N3O5S. The third-order valence-electron chi connectivity index (χ3n) is 5.36. The molecule has 0 saturated heterocycles. The maximum Gasteiger partial charge on any atom is 0.293 e. The molecule has 0 spiro atoms. The molecule has 30 heavy (non-hydrogen) atoms. The topological polar surface area (TPSA) is 106 Å². The van der Waals surface area contributed by atoms with Crippen LogP contribution in [0.1, 0.15) is 12.0 Å². The predicted molar refractivity (Wildman–Crippen MR) is 116 cm³/mol. The van der Waals surface area contributed by atoms with Crippen LogP contribution >= 0.6 is 0 Å². The van der Waals surface area contributed by atoms with Gasteiger partial charge in [-0.05, 0) is 42.3 Å². The van der Waals surface area contributed by atoms with E-state index in [1.54, 1.807) is 7.11 Å². The highest BCUT2D eigenvalue weighted by Gasteiger charge is 2.24. The van der Waals surface area contributed by atoms with Crippen molar-refractivity contribution in [3.63, 3.8) is 0 Å². The van der Waals surface area contributed by atoms with E-state index in [4.69, 9.17) is 4.74 Å². The number of nitrogens with one attached hydrogen (secondary N) is 1. The molecule has 0 atom stereocenters. The van der Waals surface area contributed by atoms with Crippen molar-refractivity contribution in [3.8, 4) is 5.75 Å². The number of methoxy groups -OCH3 is 1. The van der Waals surface area contributed by atoms with Crippen LogP contribution in [0, 0.1) is 10.1 Å². The Balaban J connectivity index is 1.65. The first kappa shape index (κ1) is 20.0. The van der Waals surface area contributed by atoms with Gasteiger partial charge in [-0.25, -0.2) is 8.42 Å². The number of H-pyrrole nitrogens is 1. The molecule has 1 N–H and O–H groups in total. The summed E-state index contributed by atoms with van der Waals surface area (Å²) in [5, 5.41) is 12.6. The average Bonchev–Trinajstić information content (AvgIpc) is 3.15. The SMILES string of the molecule is COc1ccc2[nH]cc(C3=CCN(c4ccc(S(C)(=O)=O)cc4[N+](=O)[O-])CC3)c2c1. The largest absolute Gasteiger partial charge is 0.497 e. The van der Waals surface area contributed by atoms with Gasteiger partial charge >= 0.3 is 0 Å². The zero-order valence-corrected chi connectivity index (χ0v) is 17.4. The van der Waals surface area contributed by atoms with Gasteiger partial charge in [0, 0.05) is 48.1 Å². The summed E-state index contributed by atoms with van der Waals surface area (Å²) in [7, 11) is -1.89. The fraction of sp³-hybridized carbons (Fsp3) is 0.238. The Kier molecular flexibility index (Phi) is 4.98. The second-order valence-corrected chi connectivity index (χ2v) is 9.23. The minimum absolute atomic E-state index is 0.0565. The van der Waals surface area contributed by atoms with Gasteiger partial charge in [-0.3, -0.25) is 10.1 Å². The Labute approximate surface area is 173 Å². The number of nitrogens with zero attached hydrogens (tertiary/aromatic N) is 2. The summed E-state index contributed by atoms with van der Waals surface area (Å²) < 4.78 is 28.9. The molecular weight excluding hydrogens is 406 g/mol. The highest BCUT2D eigenvalue weighted by Crippen LogP contribution is 2.36. The van der Waals surface area contributed by atoms with E-state index >= 15 is 0 Å². The van der Waals surface area contributed by atoms with Crippen molar-refractivity contribution >= 4 is 37.7 Å². The Morgan fingerprint density at radius 3 is 2.63 bits per heavy atom. The Morgan fingerprint density at radius 2 is 2.00 bits per heavy atom. The standard InChI is InChI=1S/C21H21N3O5S/c1-29-15-3-5-19-17(11-15)18(13-22-19)14-7-9-23(10-8-14)20-6-4-16(30(2,27)28)12-21(20)24(25)26/h3-7,11-13,22H,8-10H2,1-2H3. The van der Waals surface area contributed by atoms with Gasteiger partial charge in [0.25, 0.3) is 5.69 Å². The smallest absolute Gasteiger partial charge is 0.293 e. The van der Waals surface area contributed by atoms with Gasteiger partial charge in [0.15, 0.2) is 9.84 Å². The molecule has 0 fully saturated rings. The molecule has 1 aliphatic heterocycles. The van der Waals surface area contributed by atoms with Gasteiger partial charge in [-0.15, -0.1) is 0 Å². The molecule has 1 aliphatic rings. The van der Waals surface area contributed by atoms with Crippen molar-refractivity contribution in [2.45, 2.75) is 11.3 Å². The number of hydrogen-bond acceptors (Lipinski definition) is 6. The van der Waals surface area contributed by atoms with E-state index in [2.05, 4.69) is 11.1 Å². The van der Waals surface area contributed by atoms with E-state index in [1.165, 1.54) is 12.1 Å². The monoisotopic (exact) mass is 427 g/mol. The van der Waals surface area contributed by atoms with Crippen LogP contribution < -0.4 is 9.64 Å². The molecule has 8 nitrogen and oxygen atoms in total. The molecule has 156 valence electrons. The van der Waals surface area contributed by atoms with Gasteiger partial charge in [0.05, 0.1) is 16.9 Å². The van der Waals surface area contributed by atoms with Gasteiger partial charge in [-0.2, -0.15) is 0 Å². The molecule has 0 bridgehead atoms. The highest BCUT2D eigenvalue weighted by atomic mass is 32.2. The number of sulfone groups is 1. The first-order chi connectivity index (χ1) is 14.3. The van der Waals surface area contributed by atoms with Crippen LogP contribution in [0.2, 0.25) is 0 Å². The highest BCUT2D eigenvalue weighted by molar-refractivity contribution is 7.90. The first-order valence-electron chi connectivity index (χ1n) is 9.36. The third-order valence-corrected chi connectivity index (χ3v) is 6.47. The first-order valence-corrected chi connectivity index (χ1v) is 11.2. The number of rotatable bonds is 5. The summed E-state index contributed by atoms with van der Waals surface area (Å²) in [4.78, 5) is 16.1. The van der Waals surface area contributed by atoms with Crippen molar-refractivity contribution in [1.82, 2.24) is 4.98 Å². The molecule has 3 aromatic rings. The van der Waals surface area contributed by atoms with Crippen molar-refractivity contribution < 1.29 is 18.1 Å². The second-order valence-electron chi connectivity index (χ2n) is 7.22. The molecule has 1 aromatic heterocycles. The summed E-state index contributed by atoms with van der Waals surface area (Å²) in [5.74, 6) is 0.781. The van der Waals surface area contributed by atoms with Gasteiger partial charge in [0.2, 0.25) is 0 Å². The molecule has 2 aromatic carbocycles. The molecule has 0 amide bonds. The van der Waals surface area contributed by atoms with Gasteiger partial charge < -0.3 is 14.6 Å². The number of anilines is 1. The van der Waals surface area contributed by atoms with E-state index in [9.17, 15) is 18.5 Å². The number of hydrogen-bond donors (Lipinski definition) is 1. The van der Waals surface area contributed by atoms with Crippen LogP contribution in [0.5, 0.6) is 5.75 Å². The lowest BCUT2D eigenvalue weighted by Gasteiger charge is -2.28. The number of aromatic nitrogens is 1. The normalized spacial score (nSPS) is 14.6. The van der Waals surface area contributed by atoms with E-state index in [0.717, 1.165) is 40.1 Å². The average molecular weight is 427 g/mol. The molecule has 0 saturated carbocycles. The van der Waals surface area contributed by atoms with Crippen molar-refractivity contribution in [2.75, 3.05) is 31.4 Å². The zero-order chi connectivity index (χ0) is 21.5. The maximum atomic E-state index is 11.8. The lowest BCUT2D eigenvalue weighted by Crippen LogP contribution is -2.28. The lowest BCUT2D eigenvalue weighted by molar-refractivity contribution is -0.384. The zero-order valence-electron chi connectivity index (χ0n) is 16.6. The number of aromatic amines is 1. The van der Waals surface area contributed by atoms with Crippen LogP contribution in [0.15, 0.2) is 53.6 Å². The summed E-state index contributed by atoms with van der Waals surface area (Å²) >= 11 is 0. The summed E-state index contributed by atoms with van der Waals surface area (Å²) in [6.07, 6.45) is 5.77. The Morgan fingerprint density at radius 1 is 1.20 bits per heavy atom. The van der Waals surface area contributed by atoms with Crippen molar-refractivity contribution in [3.05, 3.63) is 64.3 Å². The van der Waals surface area contributed by atoms with E-state index < -0.39 is 14.8 Å². The molecule has 0 unspecified atom stereocenters. The molecule has 0 aliphatic carbocycles. The second kappa shape index (κ2) is 7.49. The lowest BCUT2D eigenvalue weighted by atomic mass is 9.98. The van der Waals surface area contributed by atoms with Crippen LogP contribution in [0.4, 0.5) is 11.4 Å².